The maximum Gasteiger partial charge on any atom is 0.329 e. The lowest BCUT2D eigenvalue weighted by molar-refractivity contribution is -0.154. The highest BCUT2D eigenvalue weighted by Crippen LogP contribution is 2.13. The minimum atomic E-state index is -1.03. The van der Waals surface area contributed by atoms with Gasteiger partial charge in [-0.15, -0.1) is 0 Å². The molecule has 2 amide bonds. The molecule has 150 valence electrons. The summed E-state index contributed by atoms with van der Waals surface area (Å²) in [5, 5.41) is 9.40. The van der Waals surface area contributed by atoms with E-state index >= 15 is 0 Å². The van der Waals surface area contributed by atoms with Crippen LogP contribution in [0.4, 0.5) is 5.82 Å². The van der Waals surface area contributed by atoms with E-state index in [2.05, 4.69) is 15.7 Å². The molecule has 0 spiro atoms. The first-order valence-electron chi connectivity index (χ1n) is 9.11. The SMILES string of the molecule is Cc1cccc(C(=O)N[C@H](C)C(=O)O[C@@H](C)C(=O)Nc2ccnn2C(C)C)c1. The fourth-order valence-electron chi connectivity index (χ4n) is 2.51. The Labute approximate surface area is 164 Å². The van der Waals surface area contributed by atoms with Gasteiger partial charge in [0.05, 0.1) is 6.20 Å². The van der Waals surface area contributed by atoms with E-state index in [0.717, 1.165) is 5.56 Å². The zero-order valence-electron chi connectivity index (χ0n) is 16.7. The number of rotatable bonds is 7. The quantitative estimate of drug-likeness (QED) is 0.712. The van der Waals surface area contributed by atoms with Gasteiger partial charge in [0.2, 0.25) is 0 Å². The molecule has 0 fully saturated rings. The van der Waals surface area contributed by atoms with E-state index in [0.29, 0.717) is 11.4 Å². The Morgan fingerprint density at radius 2 is 1.82 bits per heavy atom. The largest absolute Gasteiger partial charge is 0.451 e. The zero-order valence-corrected chi connectivity index (χ0v) is 16.7. The number of aryl methyl sites for hydroxylation is 1. The number of aromatic nitrogens is 2. The number of ether oxygens (including phenoxy) is 1. The van der Waals surface area contributed by atoms with Gasteiger partial charge in [0.1, 0.15) is 11.9 Å². The molecule has 2 rings (SSSR count). The number of amides is 2. The predicted molar refractivity (Wildman–Crippen MR) is 105 cm³/mol. The number of anilines is 1. The molecule has 0 aliphatic carbocycles. The van der Waals surface area contributed by atoms with Crippen molar-refractivity contribution in [3.05, 3.63) is 47.7 Å². The fourth-order valence-corrected chi connectivity index (χ4v) is 2.51. The third-order valence-electron chi connectivity index (χ3n) is 4.05. The lowest BCUT2D eigenvalue weighted by Crippen LogP contribution is -2.42. The average molecular weight is 386 g/mol. The highest BCUT2D eigenvalue weighted by Gasteiger charge is 2.24. The molecule has 1 heterocycles. The fraction of sp³-hybridized carbons (Fsp3) is 0.400. The highest BCUT2D eigenvalue weighted by atomic mass is 16.5. The van der Waals surface area contributed by atoms with Crippen LogP contribution in [-0.4, -0.2) is 39.7 Å². The van der Waals surface area contributed by atoms with Gasteiger partial charge in [-0.05, 0) is 46.8 Å². The maximum absolute atomic E-state index is 12.3. The molecule has 2 N–H and O–H groups in total. The Morgan fingerprint density at radius 3 is 2.46 bits per heavy atom. The highest BCUT2D eigenvalue weighted by molar-refractivity contribution is 5.98. The van der Waals surface area contributed by atoms with Crippen molar-refractivity contribution in [3.8, 4) is 0 Å². The third kappa shape index (κ3) is 5.42. The van der Waals surface area contributed by atoms with Crippen LogP contribution in [0, 0.1) is 6.92 Å². The summed E-state index contributed by atoms with van der Waals surface area (Å²) in [6.45, 7) is 8.72. The van der Waals surface area contributed by atoms with E-state index in [1.54, 1.807) is 35.1 Å². The maximum atomic E-state index is 12.3. The summed E-state index contributed by atoms with van der Waals surface area (Å²) in [6.07, 6.45) is 0.552. The molecule has 0 saturated carbocycles. The van der Waals surface area contributed by atoms with Crippen molar-refractivity contribution < 1.29 is 19.1 Å². The predicted octanol–water partition coefficient (Wildman–Crippen LogP) is 2.46. The van der Waals surface area contributed by atoms with Gasteiger partial charge in [0.15, 0.2) is 6.10 Å². The lowest BCUT2D eigenvalue weighted by atomic mass is 10.1. The second-order valence-corrected chi connectivity index (χ2v) is 6.89. The Kier molecular flexibility index (Phi) is 6.92. The van der Waals surface area contributed by atoms with Gasteiger partial charge >= 0.3 is 5.97 Å². The number of hydrogen-bond donors (Lipinski definition) is 2. The molecule has 0 unspecified atom stereocenters. The first-order chi connectivity index (χ1) is 13.2. The minimum absolute atomic E-state index is 0.0695. The molecule has 2 aromatic rings. The van der Waals surface area contributed by atoms with E-state index in [9.17, 15) is 14.4 Å². The van der Waals surface area contributed by atoms with Crippen molar-refractivity contribution in [2.75, 3.05) is 5.32 Å². The van der Waals surface area contributed by atoms with Crippen LogP contribution < -0.4 is 10.6 Å². The molecule has 0 saturated heterocycles. The molecular formula is C20H26N4O4. The van der Waals surface area contributed by atoms with Crippen LogP contribution in [-0.2, 0) is 14.3 Å². The van der Waals surface area contributed by atoms with Crippen molar-refractivity contribution in [1.82, 2.24) is 15.1 Å². The minimum Gasteiger partial charge on any atom is -0.451 e. The van der Waals surface area contributed by atoms with Crippen LogP contribution in [0.1, 0.15) is 49.7 Å². The van der Waals surface area contributed by atoms with Crippen molar-refractivity contribution in [2.45, 2.75) is 52.8 Å². The third-order valence-corrected chi connectivity index (χ3v) is 4.05. The van der Waals surface area contributed by atoms with E-state index in [-0.39, 0.29) is 11.9 Å². The summed E-state index contributed by atoms with van der Waals surface area (Å²) < 4.78 is 6.84. The number of benzene rings is 1. The summed E-state index contributed by atoms with van der Waals surface area (Å²) in [5.41, 5.74) is 1.39. The van der Waals surface area contributed by atoms with Gasteiger partial charge in [-0.3, -0.25) is 9.59 Å². The molecule has 0 aliphatic rings. The molecule has 28 heavy (non-hydrogen) atoms. The van der Waals surface area contributed by atoms with Crippen molar-refractivity contribution in [3.63, 3.8) is 0 Å². The van der Waals surface area contributed by atoms with Gasteiger partial charge in [0.25, 0.3) is 11.8 Å². The van der Waals surface area contributed by atoms with Gasteiger partial charge in [0, 0.05) is 17.7 Å². The molecule has 8 heteroatoms. The first-order valence-corrected chi connectivity index (χ1v) is 9.11. The Morgan fingerprint density at radius 1 is 1.11 bits per heavy atom. The Bertz CT molecular complexity index is 859. The van der Waals surface area contributed by atoms with Crippen LogP contribution >= 0.6 is 0 Å². The first kappa shape index (κ1) is 21.1. The number of nitrogens with zero attached hydrogens (tertiary/aromatic N) is 2. The van der Waals surface area contributed by atoms with Crippen LogP contribution in [0.15, 0.2) is 36.5 Å². The van der Waals surface area contributed by atoms with Crippen LogP contribution in [0.5, 0.6) is 0 Å². The van der Waals surface area contributed by atoms with Gasteiger partial charge in [-0.2, -0.15) is 5.10 Å². The number of carbonyl (C=O) groups is 3. The summed E-state index contributed by atoms with van der Waals surface area (Å²) in [5.74, 6) is -1.04. The topological polar surface area (TPSA) is 102 Å². The second-order valence-electron chi connectivity index (χ2n) is 6.89. The van der Waals surface area contributed by atoms with Crippen LogP contribution in [0.25, 0.3) is 0 Å². The second kappa shape index (κ2) is 9.16. The van der Waals surface area contributed by atoms with Crippen molar-refractivity contribution >= 4 is 23.6 Å². The van der Waals surface area contributed by atoms with E-state index in [1.165, 1.54) is 13.8 Å². The summed E-state index contributed by atoms with van der Waals surface area (Å²) in [7, 11) is 0. The van der Waals surface area contributed by atoms with Gasteiger partial charge in [-0.1, -0.05) is 17.7 Å². The van der Waals surface area contributed by atoms with Gasteiger partial charge < -0.3 is 15.4 Å². The number of hydrogen-bond acceptors (Lipinski definition) is 5. The van der Waals surface area contributed by atoms with E-state index in [1.807, 2.05) is 26.8 Å². The lowest BCUT2D eigenvalue weighted by Gasteiger charge is -2.18. The summed E-state index contributed by atoms with van der Waals surface area (Å²) in [4.78, 5) is 36.8. The number of nitrogens with one attached hydrogen (secondary N) is 2. The average Bonchev–Trinajstić information content (AvgIpc) is 3.09. The monoisotopic (exact) mass is 386 g/mol. The molecule has 0 aliphatic heterocycles. The molecule has 2 atom stereocenters. The standard InChI is InChI=1S/C20H26N4O4/c1-12(2)24-17(9-10-21-24)23-18(25)15(5)28-20(27)14(4)22-19(26)16-8-6-7-13(3)11-16/h6-12,14-15H,1-5H3,(H,22,26)(H,23,25)/t14-,15+/m1/s1. The van der Waals surface area contributed by atoms with E-state index < -0.39 is 24.0 Å². The van der Waals surface area contributed by atoms with Crippen LogP contribution in [0.3, 0.4) is 0 Å². The number of esters is 1. The van der Waals surface area contributed by atoms with E-state index in [4.69, 9.17) is 4.74 Å². The number of carbonyl (C=O) groups excluding carboxylic acids is 3. The molecule has 1 aromatic heterocycles. The molecule has 8 nitrogen and oxygen atoms in total. The van der Waals surface area contributed by atoms with Gasteiger partial charge in [-0.25, -0.2) is 9.48 Å². The summed E-state index contributed by atoms with van der Waals surface area (Å²) in [6, 6.07) is 7.86. The van der Waals surface area contributed by atoms with Crippen LogP contribution in [0.2, 0.25) is 0 Å². The summed E-state index contributed by atoms with van der Waals surface area (Å²) >= 11 is 0. The Hall–Kier alpha value is -3.16. The van der Waals surface area contributed by atoms with Crippen molar-refractivity contribution in [2.24, 2.45) is 0 Å². The Balaban J connectivity index is 1.90. The zero-order chi connectivity index (χ0) is 20.8. The van der Waals surface area contributed by atoms with Crippen molar-refractivity contribution in [1.29, 1.82) is 0 Å². The molecule has 0 radical (unpaired) electrons. The molecular weight excluding hydrogens is 360 g/mol. The molecule has 1 aromatic carbocycles. The normalized spacial score (nSPS) is 12.9. The smallest absolute Gasteiger partial charge is 0.329 e. The molecule has 0 bridgehead atoms.